The van der Waals surface area contributed by atoms with E-state index >= 15 is 0 Å². The highest BCUT2D eigenvalue weighted by Crippen LogP contribution is 2.35. The highest BCUT2D eigenvalue weighted by Gasteiger charge is 2.15. The van der Waals surface area contributed by atoms with Crippen LogP contribution in [0.5, 0.6) is 5.88 Å². The maximum atomic E-state index is 10.5. The van der Waals surface area contributed by atoms with Crippen LogP contribution in [0.2, 0.25) is 0 Å². The molecule has 2 heterocycles. The summed E-state index contributed by atoms with van der Waals surface area (Å²) in [7, 11) is 0. The van der Waals surface area contributed by atoms with Gasteiger partial charge in [0, 0.05) is 37.1 Å². The van der Waals surface area contributed by atoms with Gasteiger partial charge in [-0.05, 0) is 37.7 Å². The van der Waals surface area contributed by atoms with Crippen LogP contribution in [0.3, 0.4) is 0 Å². The van der Waals surface area contributed by atoms with Crippen LogP contribution in [0, 0.1) is 3.95 Å². The molecule has 0 unspecified atom stereocenters. The third kappa shape index (κ3) is 3.44. The van der Waals surface area contributed by atoms with Crippen molar-refractivity contribution in [3.63, 3.8) is 0 Å². The highest BCUT2D eigenvalue weighted by molar-refractivity contribution is 7.73. The Morgan fingerprint density at radius 2 is 2.22 bits per heavy atom. The standard InChI is InChI=1S/C17H18N2O2S2/c1-2-21-9-5-8-19-16(20)15(23-17(19)22)10-12-11-18-14-7-4-3-6-13(12)14/h3-4,6-7,10-11,20H,2,5,8-9H2,1H3/b12-10-. The lowest BCUT2D eigenvalue weighted by molar-refractivity contribution is 0.141. The average molecular weight is 346 g/mol. The number of nitrogens with zero attached hydrogens (tertiary/aromatic N) is 2. The van der Waals surface area contributed by atoms with E-state index in [9.17, 15) is 5.11 Å². The van der Waals surface area contributed by atoms with E-state index in [-0.39, 0.29) is 5.88 Å². The second-order valence-corrected chi connectivity index (χ2v) is 6.81. The number of benzene rings is 1. The number of thiazole rings is 1. The number of fused-ring (bicyclic) bond motifs is 1. The first-order valence-electron chi connectivity index (χ1n) is 7.56. The van der Waals surface area contributed by atoms with Crippen LogP contribution in [0.15, 0.2) is 29.3 Å². The van der Waals surface area contributed by atoms with E-state index in [4.69, 9.17) is 17.0 Å². The fourth-order valence-corrected chi connectivity index (χ4v) is 3.78. The quantitative estimate of drug-likeness (QED) is 0.611. The van der Waals surface area contributed by atoms with Crippen molar-refractivity contribution in [2.24, 2.45) is 4.99 Å². The van der Waals surface area contributed by atoms with Crippen molar-refractivity contribution < 1.29 is 9.84 Å². The summed E-state index contributed by atoms with van der Waals surface area (Å²) in [5, 5.41) is 10.5. The molecule has 23 heavy (non-hydrogen) atoms. The van der Waals surface area contributed by atoms with Crippen LogP contribution in [0.4, 0.5) is 5.69 Å². The van der Waals surface area contributed by atoms with Crippen molar-refractivity contribution in [3.05, 3.63) is 38.7 Å². The van der Waals surface area contributed by atoms with Crippen LogP contribution in [-0.2, 0) is 11.3 Å². The van der Waals surface area contributed by atoms with E-state index in [2.05, 4.69) is 4.99 Å². The fraction of sp³-hybridized carbons (Fsp3) is 0.294. The van der Waals surface area contributed by atoms with Crippen LogP contribution < -0.4 is 0 Å². The summed E-state index contributed by atoms with van der Waals surface area (Å²) < 4.78 is 7.78. The Bertz CT molecular complexity index is 818. The first kappa shape index (κ1) is 16.1. The summed E-state index contributed by atoms with van der Waals surface area (Å²) in [6, 6.07) is 7.97. The summed E-state index contributed by atoms with van der Waals surface area (Å²) in [6.45, 7) is 4.01. The third-order valence-corrected chi connectivity index (χ3v) is 5.00. The minimum absolute atomic E-state index is 0.224. The maximum absolute atomic E-state index is 10.5. The second kappa shape index (κ2) is 7.21. The Morgan fingerprint density at radius 1 is 1.39 bits per heavy atom. The van der Waals surface area contributed by atoms with Gasteiger partial charge >= 0.3 is 0 Å². The lowest BCUT2D eigenvalue weighted by Gasteiger charge is -2.05. The van der Waals surface area contributed by atoms with Crippen molar-refractivity contribution in [3.8, 4) is 5.88 Å². The third-order valence-electron chi connectivity index (χ3n) is 3.61. The van der Waals surface area contributed by atoms with E-state index < -0.39 is 0 Å². The number of aromatic nitrogens is 1. The summed E-state index contributed by atoms with van der Waals surface area (Å²) in [5.41, 5.74) is 3.03. The van der Waals surface area contributed by atoms with E-state index in [0.29, 0.717) is 23.7 Å². The Morgan fingerprint density at radius 3 is 3.04 bits per heavy atom. The summed E-state index contributed by atoms with van der Waals surface area (Å²) in [5.74, 6) is 0.224. The van der Waals surface area contributed by atoms with Crippen LogP contribution in [-0.4, -0.2) is 29.1 Å². The molecule has 4 nitrogen and oxygen atoms in total. The monoisotopic (exact) mass is 346 g/mol. The number of allylic oxidation sites excluding steroid dienone is 1. The highest BCUT2D eigenvalue weighted by atomic mass is 32.1. The minimum Gasteiger partial charge on any atom is -0.493 e. The molecule has 0 bridgehead atoms. The van der Waals surface area contributed by atoms with Crippen LogP contribution in [0.25, 0.3) is 11.6 Å². The molecule has 0 atom stereocenters. The smallest absolute Gasteiger partial charge is 0.210 e. The molecule has 0 spiro atoms. The number of hydrogen-bond donors (Lipinski definition) is 1. The zero-order valence-electron chi connectivity index (χ0n) is 12.9. The Hall–Kier alpha value is -1.76. The van der Waals surface area contributed by atoms with Gasteiger partial charge in [-0.15, -0.1) is 11.3 Å². The number of rotatable bonds is 6. The first-order valence-corrected chi connectivity index (χ1v) is 8.78. The molecule has 1 aromatic carbocycles. The van der Waals surface area contributed by atoms with Gasteiger partial charge in [0.25, 0.3) is 0 Å². The van der Waals surface area contributed by atoms with Crippen LogP contribution in [0.1, 0.15) is 23.8 Å². The molecule has 0 aliphatic carbocycles. The number of aromatic hydroxyl groups is 1. The number of aliphatic imine (C=N–C) groups is 1. The fourth-order valence-electron chi connectivity index (χ4n) is 2.47. The summed E-state index contributed by atoms with van der Waals surface area (Å²) >= 11 is 6.79. The lowest BCUT2D eigenvalue weighted by Crippen LogP contribution is -2.02. The van der Waals surface area contributed by atoms with Crippen LogP contribution >= 0.6 is 23.6 Å². The van der Waals surface area contributed by atoms with Gasteiger partial charge in [0.1, 0.15) is 0 Å². The molecule has 2 aromatic rings. The normalized spacial score (nSPS) is 14.6. The molecule has 6 heteroatoms. The average Bonchev–Trinajstić information content (AvgIpc) is 3.08. The van der Waals surface area contributed by atoms with Gasteiger partial charge in [0.15, 0.2) is 3.95 Å². The van der Waals surface area contributed by atoms with Gasteiger partial charge in [-0.25, -0.2) is 0 Å². The lowest BCUT2D eigenvalue weighted by atomic mass is 10.1. The van der Waals surface area contributed by atoms with Gasteiger partial charge in [-0.3, -0.25) is 9.56 Å². The number of para-hydroxylation sites is 1. The molecule has 1 aliphatic rings. The molecule has 1 N–H and O–H groups in total. The zero-order chi connectivity index (χ0) is 16.2. The van der Waals surface area contributed by atoms with E-state index in [1.54, 1.807) is 4.57 Å². The number of hydrogen-bond acceptors (Lipinski definition) is 5. The number of ether oxygens (including phenoxy) is 1. The molecule has 1 aliphatic heterocycles. The van der Waals surface area contributed by atoms with E-state index in [1.165, 1.54) is 11.3 Å². The largest absolute Gasteiger partial charge is 0.493 e. The summed E-state index contributed by atoms with van der Waals surface area (Å²) in [6.07, 6.45) is 4.60. The van der Waals surface area contributed by atoms with E-state index in [1.807, 2.05) is 43.5 Å². The molecule has 0 amide bonds. The molecular weight excluding hydrogens is 328 g/mol. The predicted octanol–water partition coefficient (Wildman–Crippen LogP) is 4.67. The molecule has 0 fully saturated rings. The Balaban J connectivity index is 1.84. The molecule has 0 saturated carbocycles. The minimum atomic E-state index is 0.224. The Kier molecular flexibility index (Phi) is 5.05. The van der Waals surface area contributed by atoms with Crippen molar-refractivity contribution in [1.29, 1.82) is 0 Å². The van der Waals surface area contributed by atoms with Crippen molar-refractivity contribution in [2.75, 3.05) is 13.2 Å². The molecule has 0 saturated heterocycles. The second-order valence-electron chi connectivity index (χ2n) is 5.13. The molecule has 0 radical (unpaired) electrons. The van der Waals surface area contributed by atoms with Crippen molar-refractivity contribution in [2.45, 2.75) is 19.9 Å². The van der Waals surface area contributed by atoms with Gasteiger partial charge in [0.05, 0.1) is 10.6 Å². The van der Waals surface area contributed by atoms with Gasteiger partial charge < -0.3 is 9.84 Å². The van der Waals surface area contributed by atoms with Gasteiger partial charge in [0.2, 0.25) is 5.88 Å². The molecule has 1 aromatic heterocycles. The van der Waals surface area contributed by atoms with Gasteiger partial charge in [-0.2, -0.15) is 0 Å². The Labute approximate surface area is 144 Å². The SMILES string of the molecule is CCOCCCn1c(O)c(/C=C2/C=Nc3ccccc32)sc1=S. The van der Waals surface area contributed by atoms with Crippen molar-refractivity contribution >= 4 is 47.1 Å². The first-order chi connectivity index (χ1) is 11.2. The molecule has 3 rings (SSSR count). The summed E-state index contributed by atoms with van der Waals surface area (Å²) in [4.78, 5) is 5.15. The molecule has 120 valence electrons. The van der Waals surface area contributed by atoms with Gasteiger partial charge in [-0.1, -0.05) is 18.2 Å². The maximum Gasteiger partial charge on any atom is 0.210 e. The van der Waals surface area contributed by atoms with Crippen molar-refractivity contribution in [1.82, 2.24) is 4.57 Å². The topological polar surface area (TPSA) is 46.8 Å². The van der Waals surface area contributed by atoms with E-state index in [0.717, 1.165) is 28.1 Å². The molecular formula is C17H18N2O2S2. The zero-order valence-corrected chi connectivity index (χ0v) is 14.5. The predicted molar refractivity (Wildman–Crippen MR) is 98.4 cm³/mol.